The summed E-state index contributed by atoms with van der Waals surface area (Å²) in [7, 11) is 0. The first kappa shape index (κ1) is 13.9. The van der Waals surface area contributed by atoms with Gasteiger partial charge in [0.25, 0.3) is 0 Å². The van der Waals surface area contributed by atoms with E-state index < -0.39 is 5.97 Å². The van der Waals surface area contributed by atoms with Gasteiger partial charge in [-0.3, -0.25) is 4.79 Å². The molecule has 0 fully saturated rings. The van der Waals surface area contributed by atoms with Gasteiger partial charge in [-0.2, -0.15) is 0 Å². The van der Waals surface area contributed by atoms with Crippen molar-refractivity contribution in [3.8, 4) is 5.75 Å². The first-order chi connectivity index (χ1) is 8.78. The summed E-state index contributed by atoms with van der Waals surface area (Å²) in [6, 6.07) is 6.17. The summed E-state index contributed by atoms with van der Waals surface area (Å²) in [5.74, 6) is 0.566. The van der Waals surface area contributed by atoms with Crippen LogP contribution >= 0.6 is 0 Å². The lowest BCUT2D eigenvalue weighted by molar-refractivity contribution is -0.137. The zero-order valence-corrected chi connectivity index (χ0v) is 12.1. The van der Waals surface area contributed by atoms with Crippen molar-refractivity contribution in [1.29, 1.82) is 0 Å². The minimum atomic E-state index is -0.747. The van der Waals surface area contributed by atoms with Crippen LogP contribution in [0.3, 0.4) is 0 Å². The van der Waals surface area contributed by atoms with Crippen molar-refractivity contribution >= 4 is 5.97 Å². The van der Waals surface area contributed by atoms with Crippen molar-refractivity contribution in [2.75, 3.05) is 0 Å². The van der Waals surface area contributed by atoms with Crippen LogP contribution in [0.1, 0.15) is 63.5 Å². The Bertz CT molecular complexity index is 489. The topological polar surface area (TPSA) is 46.5 Å². The van der Waals surface area contributed by atoms with Gasteiger partial charge >= 0.3 is 5.97 Å². The molecule has 0 aliphatic carbocycles. The molecule has 2 rings (SSSR count). The molecule has 0 saturated heterocycles. The summed E-state index contributed by atoms with van der Waals surface area (Å²) in [6.45, 7) is 8.31. The van der Waals surface area contributed by atoms with Crippen LogP contribution < -0.4 is 4.74 Å². The SMILES string of the molecule is CC(C)c1ccc2c(c1)C(CC(=O)O)CC(C)(C)O2. The number of hydrogen-bond acceptors (Lipinski definition) is 2. The van der Waals surface area contributed by atoms with Gasteiger partial charge in [0.1, 0.15) is 11.4 Å². The molecule has 19 heavy (non-hydrogen) atoms. The van der Waals surface area contributed by atoms with E-state index in [-0.39, 0.29) is 17.9 Å². The minimum absolute atomic E-state index is 0.0370. The third kappa shape index (κ3) is 3.09. The number of rotatable bonds is 3. The van der Waals surface area contributed by atoms with Crippen molar-refractivity contribution in [1.82, 2.24) is 0 Å². The van der Waals surface area contributed by atoms with E-state index in [1.165, 1.54) is 5.56 Å². The van der Waals surface area contributed by atoms with E-state index in [4.69, 9.17) is 9.84 Å². The normalized spacial score (nSPS) is 20.8. The number of hydrogen-bond donors (Lipinski definition) is 1. The third-order valence-corrected chi connectivity index (χ3v) is 3.69. The maximum Gasteiger partial charge on any atom is 0.303 e. The number of carboxylic acids is 1. The monoisotopic (exact) mass is 262 g/mol. The lowest BCUT2D eigenvalue weighted by Crippen LogP contribution is -2.35. The van der Waals surface area contributed by atoms with Crippen molar-refractivity contribution in [2.45, 2.75) is 58.0 Å². The second-order valence-corrected chi connectivity index (χ2v) is 6.31. The zero-order chi connectivity index (χ0) is 14.2. The second-order valence-electron chi connectivity index (χ2n) is 6.31. The van der Waals surface area contributed by atoms with Gasteiger partial charge in [0.2, 0.25) is 0 Å². The fraction of sp³-hybridized carbons (Fsp3) is 0.562. The van der Waals surface area contributed by atoms with E-state index in [0.717, 1.165) is 17.7 Å². The molecule has 0 bridgehead atoms. The Morgan fingerprint density at radius 2 is 2.16 bits per heavy atom. The molecule has 1 aliphatic rings. The quantitative estimate of drug-likeness (QED) is 0.897. The largest absolute Gasteiger partial charge is 0.488 e. The van der Waals surface area contributed by atoms with Crippen LogP contribution in [0.4, 0.5) is 0 Å². The molecule has 1 N–H and O–H groups in total. The van der Waals surface area contributed by atoms with Gasteiger partial charge < -0.3 is 9.84 Å². The fourth-order valence-corrected chi connectivity index (χ4v) is 2.77. The number of carboxylic acid groups (broad SMARTS) is 1. The standard InChI is InChI=1S/C16H22O3/c1-10(2)11-5-6-14-13(7-11)12(8-15(17)18)9-16(3,4)19-14/h5-7,10,12H,8-9H2,1-4H3,(H,17,18). The van der Waals surface area contributed by atoms with Crippen LogP contribution in [0.15, 0.2) is 18.2 Å². The predicted octanol–water partition coefficient (Wildman–Crippen LogP) is 3.93. The zero-order valence-electron chi connectivity index (χ0n) is 12.1. The highest BCUT2D eigenvalue weighted by Crippen LogP contribution is 2.43. The molecule has 1 aromatic carbocycles. The summed E-state index contributed by atoms with van der Waals surface area (Å²) in [5.41, 5.74) is 1.98. The Labute approximate surface area is 114 Å². The lowest BCUT2D eigenvalue weighted by atomic mass is 9.81. The van der Waals surface area contributed by atoms with Crippen LogP contribution in [-0.2, 0) is 4.79 Å². The fourth-order valence-electron chi connectivity index (χ4n) is 2.77. The summed E-state index contributed by atoms with van der Waals surface area (Å²) in [6.07, 6.45) is 0.912. The third-order valence-electron chi connectivity index (χ3n) is 3.69. The molecule has 1 heterocycles. The predicted molar refractivity (Wildman–Crippen MR) is 74.8 cm³/mol. The summed E-state index contributed by atoms with van der Waals surface area (Å²) >= 11 is 0. The maximum absolute atomic E-state index is 11.1. The highest BCUT2D eigenvalue weighted by atomic mass is 16.5. The molecule has 0 aromatic heterocycles. The average molecular weight is 262 g/mol. The molecule has 0 radical (unpaired) electrons. The van der Waals surface area contributed by atoms with Gasteiger partial charge in [-0.05, 0) is 43.4 Å². The van der Waals surface area contributed by atoms with Gasteiger partial charge in [0, 0.05) is 5.92 Å². The van der Waals surface area contributed by atoms with Crippen molar-refractivity contribution in [3.05, 3.63) is 29.3 Å². The Morgan fingerprint density at radius 3 is 2.74 bits per heavy atom. The van der Waals surface area contributed by atoms with Gasteiger partial charge in [0.05, 0.1) is 6.42 Å². The molecule has 3 nitrogen and oxygen atoms in total. The Morgan fingerprint density at radius 1 is 1.47 bits per heavy atom. The molecule has 3 heteroatoms. The van der Waals surface area contributed by atoms with Crippen LogP contribution in [0.25, 0.3) is 0 Å². The van der Waals surface area contributed by atoms with Gasteiger partial charge in [-0.1, -0.05) is 26.0 Å². The van der Waals surface area contributed by atoms with E-state index in [9.17, 15) is 4.79 Å². The molecule has 1 atom stereocenters. The van der Waals surface area contributed by atoms with Gasteiger partial charge in [0.15, 0.2) is 0 Å². The summed E-state index contributed by atoms with van der Waals surface area (Å²) < 4.78 is 5.97. The van der Waals surface area contributed by atoms with E-state index >= 15 is 0 Å². The van der Waals surface area contributed by atoms with Crippen LogP contribution in [0, 0.1) is 0 Å². The molecule has 1 aromatic rings. The molecule has 0 amide bonds. The first-order valence-electron chi connectivity index (χ1n) is 6.83. The van der Waals surface area contributed by atoms with Gasteiger partial charge in [-0.25, -0.2) is 0 Å². The van der Waals surface area contributed by atoms with E-state index in [1.54, 1.807) is 0 Å². The molecular formula is C16H22O3. The Balaban J connectivity index is 2.42. The highest BCUT2D eigenvalue weighted by Gasteiger charge is 2.34. The number of aliphatic carboxylic acids is 1. The smallest absolute Gasteiger partial charge is 0.303 e. The van der Waals surface area contributed by atoms with Crippen molar-refractivity contribution < 1.29 is 14.6 Å². The van der Waals surface area contributed by atoms with Crippen molar-refractivity contribution in [3.63, 3.8) is 0 Å². The Hall–Kier alpha value is -1.51. The van der Waals surface area contributed by atoms with Crippen LogP contribution in [0.2, 0.25) is 0 Å². The molecule has 0 spiro atoms. The van der Waals surface area contributed by atoms with Crippen molar-refractivity contribution in [2.24, 2.45) is 0 Å². The van der Waals surface area contributed by atoms with E-state index in [1.807, 2.05) is 19.9 Å². The molecule has 0 saturated carbocycles. The van der Waals surface area contributed by atoms with Gasteiger partial charge in [-0.15, -0.1) is 0 Å². The second kappa shape index (κ2) is 4.87. The average Bonchev–Trinajstić information content (AvgIpc) is 2.25. The highest BCUT2D eigenvalue weighted by molar-refractivity contribution is 5.68. The van der Waals surface area contributed by atoms with E-state index in [2.05, 4.69) is 26.0 Å². The Kier molecular flexibility index (Phi) is 3.57. The van der Waals surface area contributed by atoms with Crippen LogP contribution in [-0.4, -0.2) is 16.7 Å². The van der Waals surface area contributed by atoms with E-state index in [0.29, 0.717) is 5.92 Å². The molecule has 1 aliphatic heterocycles. The number of carbonyl (C=O) groups is 1. The number of ether oxygens (including phenoxy) is 1. The lowest BCUT2D eigenvalue weighted by Gasteiger charge is -2.37. The first-order valence-corrected chi connectivity index (χ1v) is 6.83. The molecule has 104 valence electrons. The minimum Gasteiger partial charge on any atom is -0.488 e. The van der Waals surface area contributed by atoms with Crippen LogP contribution in [0.5, 0.6) is 5.75 Å². The molecule has 1 unspecified atom stereocenters. The number of fused-ring (bicyclic) bond motifs is 1. The number of benzene rings is 1. The maximum atomic E-state index is 11.1. The molecular weight excluding hydrogens is 240 g/mol. The summed E-state index contributed by atoms with van der Waals surface area (Å²) in [5, 5.41) is 9.10. The summed E-state index contributed by atoms with van der Waals surface area (Å²) in [4.78, 5) is 11.1.